The van der Waals surface area contributed by atoms with Gasteiger partial charge in [-0.2, -0.15) is 0 Å². The molecule has 0 aliphatic heterocycles. The van der Waals surface area contributed by atoms with E-state index in [0.29, 0.717) is 22.0 Å². The average Bonchev–Trinajstić information content (AvgIpc) is 2.68. The summed E-state index contributed by atoms with van der Waals surface area (Å²) < 4.78 is 26.9. The molecule has 0 saturated carbocycles. The van der Waals surface area contributed by atoms with Gasteiger partial charge in [0.15, 0.2) is 0 Å². The Bertz CT molecular complexity index is 1110. The maximum absolute atomic E-state index is 12.9. The highest BCUT2D eigenvalue weighted by atomic mass is 35.5. The van der Waals surface area contributed by atoms with E-state index in [-0.39, 0.29) is 10.8 Å². The van der Waals surface area contributed by atoms with Gasteiger partial charge in [0.1, 0.15) is 0 Å². The zero-order valence-corrected chi connectivity index (χ0v) is 17.0. The molecular weight excluding hydrogens is 396 g/mol. The fourth-order valence-corrected chi connectivity index (χ4v) is 4.00. The first-order valence-electron chi connectivity index (χ1n) is 8.50. The number of rotatable bonds is 5. The van der Waals surface area contributed by atoms with Gasteiger partial charge in [-0.3, -0.25) is 9.10 Å². The molecule has 1 amide bonds. The SMILES string of the molecule is Cc1ccc(S(=O)(=O)N(C)c2cccc(C(=O)Nc3cccc(Cl)c3)c2)cc1. The molecule has 0 aromatic heterocycles. The highest BCUT2D eigenvalue weighted by Gasteiger charge is 2.22. The maximum atomic E-state index is 12.9. The van der Waals surface area contributed by atoms with Crippen LogP contribution in [0.3, 0.4) is 0 Å². The quantitative estimate of drug-likeness (QED) is 0.656. The standard InChI is InChI=1S/C21H19ClN2O3S/c1-15-9-11-20(12-10-15)28(26,27)24(2)19-8-3-5-16(13-19)21(25)23-18-7-4-6-17(22)14-18/h3-14H,1-2H3,(H,23,25). The van der Waals surface area contributed by atoms with E-state index in [1.807, 2.05) is 6.92 Å². The third-order valence-electron chi connectivity index (χ3n) is 4.23. The van der Waals surface area contributed by atoms with Gasteiger partial charge in [0.25, 0.3) is 15.9 Å². The minimum Gasteiger partial charge on any atom is -0.322 e. The molecule has 0 aliphatic carbocycles. The lowest BCUT2D eigenvalue weighted by Crippen LogP contribution is -2.26. The molecule has 5 nitrogen and oxygen atoms in total. The van der Waals surface area contributed by atoms with E-state index < -0.39 is 10.0 Å². The Hall–Kier alpha value is -2.83. The number of amides is 1. The molecule has 1 N–H and O–H groups in total. The number of carbonyl (C=O) groups excluding carboxylic acids is 1. The van der Waals surface area contributed by atoms with Crippen molar-refractivity contribution in [1.82, 2.24) is 0 Å². The smallest absolute Gasteiger partial charge is 0.264 e. The maximum Gasteiger partial charge on any atom is 0.264 e. The van der Waals surface area contributed by atoms with Crippen LogP contribution in [0.2, 0.25) is 5.02 Å². The molecule has 0 bridgehead atoms. The summed E-state index contributed by atoms with van der Waals surface area (Å²) in [5.74, 6) is -0.356. The lowest BCUT2D eigenvalue weighted by molar-refractivity contribution is 0.102. The Morgan fingerprint density at radius 1 is 0.964 bits per heavy atom. The molecule has 3 aromatic carbocycles. The van der Waals surface area contributed by atoms with Crippen molar-refractivity contribution in [1.29, 1.82) is 0 Å². The Morgan fingerprint density at radius 2 is 1.64 bits per heavy atom. The average molecular weight is 415 g/mol. The first kappa shape index (κ1) is 19.9. The minimum absolute atomic E-state index is 0.189. The predicted octanol–water partition coefficient (Wildman–Crippen LogP) is 4.73. The molecule has 3 aromatic rings. The third-order valence-corrected chi connectivity index (χ3v) is 6.27. The van der Waals surface area contributed by atoms with E-state index in [9.17, 15) is 13.2 Å². The van der Waals surface area contributed by atoms with Crippen LogP contribution < -0.4 is 9.62 Å². The Kier molecular flexibility index (Phi) is 5.72. The highest BCUT2D eigenvalue weighted by Crippen LogP contribution is 2.24. The van der Waals surface area contributed by atoms with Crippen molar-refractivity contribution >= 4 is 38.9 Å². The van der Waals surface area contributed by atoms with Crippen LogP contribution in [0.4, 0.5) is 11.4 Å². The molecule has 0 fully saturated rings. The third kappa shape index (κ3) is 4.35. The molecule has 3 rings (SSSR count). The van der Waals surface area contributed by atoms with E-state index >= 15 is 0 Å². The normalized spacial score (nSPS) is 11.1. The molecule has 144 valence electrons. The van der Waals surface area contributed by atoms with Crippen molar-refractivity contribution in [3.8, 4) is 0 Å². The molecular formula is C21H19ClN2O3S. The summed E-state index contributed by atoms with van der Waals surface area (Å²) in [7, 11) is -2.27. The number of sulfonamides is 1. The van der Waals surface area contributed by atoms with Crippen LogP contribution in [0.25, 0.3) is 0 Å². The van der Waals surface area contributed by atoms with Crippen LogP contribution in [0.5, 0.6) is 0 Å². The van der Waals surface area contributed by atoms with E-state index in [0.717, 1.165) is 9.87 Å². The van der Waals surface area contributed by atoms with Gasteiger partial charge >= 0.3 is 0 Å². The number of nitrogens with one attached hydrogen (secondary N) is 1. The summed E-state index contributed by atoms with van der Waals surface area (Å²) in [6.45, 7) is 1.89. The van der Waals surface area contributed by atoms with Gasteiger partial charge in [0.05, 0.1) is 10.6 Å². The number of halogens is 1. The fraction of sp³-hybridized carbons (Fsp3) is 0.0952. The molecule has 0 unspecified atom stereocenters. The number of benzene rings is 3. The zero-order valence-electron chi connectivity index (χ0n) is 15.4. The van der Waals surface area contributed by atoms with Crippen molar-refractivity contribution in [2.45, 2.75) is 11.8 Å². The summed E-state index contributed by atoms with van der Waals surface area (Å²) in [5.41, 5.74) is 2.26. The first-order valence-corrected chi connectivity index (χ1v) is 10.3. The molecule has 0 saturated heterocycles. The number of hydrogen-bond donors (Lipinski definition) is 1. The molecule has 0 spiro atoms. The topological polar surface area (TPSA) is 66.5 Å². The number of carbonyl (C=O) groups is 1. The summed E-state index contributed by atoms with van der Waals surface area (Å²) in [6.07, 6.45) is 0. The van der Waals surface area contributed by atoms with Gasteiger partial charge in [-0.15, -0.1) is 0 Å². The molecule has 28 heavy (non-hydrogen) atoms. The summed E-state index contributed by atoms with van der Waals surface area (Å²) in [5, 5.41) is 3.26. The van der Waals surface area contributed by atoms with Gasteiger partial charge in [-0.25, -0.2) is 8.42 Å². The number of aryl methyl sites for hydroxylation is 1. The number of nitrogens with zero attached hydrogens (tertiary/aromatic N) is 1. The molecule has 7 heteroatoms. The van der Waals surface area contributed by atoms with Crippen molar-refractivity contribution in [2.75, 3.05) is 16.7 Å². The van der Waals surface area contributed by atoms with E-state index in [2.05, 4.69) is 5.32 Å². The Morgan fingerprint density at radius 3 is 2.32 bits per heavy atom. The van der Waals surface area contributed by atoms with Crippen LogP contribution in [-0.4, -0.2) is 21.4 Å². The van der Waals surface area contributed by atoms with Crippen molar-refractivity contribution < 1.29 is 13.2 Å². The van der Waals surface area contributed by atoms with Crippen molar-refractivity contribution in [2.24, 2.45) is 0 Å². The summed E-state index contributed by atoms with van der Waals surface area (Å²) in [6, 6.07) is 19.9. The van der Waals surface area contributed by atoms with Crippen LogP contribution in [-0.2, 0) is 10.0 Å². The highest BCUT2D eigenvalue weighted by molar-refractivity contribution is 7.92. The first-order chi connectivity index (χ1) is 13.3. The van der Waals surface area contributed by atoms with Crippen LogP contribution in [0, 0.1) is 6.92 Å². The van der Waals surface area contributed by atoms with E-state index in [4.69, 9.17) is 11.6 Å². The predicted molar refractivity (Wildman–Crippen MR) is 113 cm³/mol. The number of anilines is 2. The van der Waals surface area contributed by atoms with Crippen molar-refractivity contribution in [3.05, 3.63) is 88.9 Å². The van der Waals surface area contributed by atoms with Crippen molar-refractivity contribution in [3.63, 3.8) is 0 Å². The van der Waals surface area contributed by atoms with Gasteiger partial charge < -0.3 is 5.32 Å². The Balaban J connectivity index is 1.85. The zero-order chi connectivity index (χ0) is 20.3. The van der Waals surface area contributed by atoms with Gasteiger partial charge in [0, 0.05) is 23.3 Å². The van der Waals surface area contributed by atoms with Gasteiger partial charge in [-0.05, 0) is 55.5 Å². The monoisotopic (exact) mass is 414 g/mol. The second-order valence-electron chi connectivity index (χ2n) is 6.30. The van der Waals surface area contributed by atoms with Gasteiger partial charge in [0.2, 0.25) is 0 Å². The largest absolute Gasteiger partial charge is 0.322 e. The van der Waals surface area contributed by atoms with Crippen LogP contribution >= 0.6 is 11.6 Å². The van der Waals surface area contributed by atoms with Crippen LogP contribution in [0.15, 0.2) is 77.7 Å². The van der Waals surface area contributed by atoms with Crippen LogP contribution in [0.1, 0.15) is 15.9 Å². The fourth-order valence-electron chi connectivity index (χ4n) is 2.62. The summed E-state index contributed by atoms with van der Waals surface area (Å²) in [4.78, 5) is 12.7. The summed E-state index contributed by atoms with van der Waals surface area (Å²) >= 11 is 5.93. The molecule has 0 radical (unpaired) electrons. The minimum atomic E-state index is -3.73. The lowest BCUT2D eigenvalue weighted by atomic mass is 10.2. The van der Waals surface area contributed by atoms with E-state index in [1.165, 1.54) is 13.1 Å². The lowest BCUT2D eigenvalue weighted by Gasteiger charge is -2.20. The second kappa shape index (κ2) is 8.04. The van der Waals surface area contributed by atoms with E-state index in [1.54, 1.807) is 66.7 Å². The molecule has 0 aliphatic rings. The second-order valence-corrected chi connectivity index (χ2v) is 8.71. The Labute approximate surface area is 169 Å². The number of hydrogen-bond acceptors (Lipinski definition) is 3. The van der Waals surface area contributed by atoms with Gasteiger partial charge in [-0.1, -0.05) is 41.4 Å². The molecule has 0 heterocycles. The molecule has 0 atom stereocenters.